The first-order valence-electron chi connectivity index (χ1n) is 8.49. The molecule has 9 heteroatoms. The molecule has 3 N–H and O–H groups in total. The van der Waals surface area contributed by atoms with Crippen LogP contribution in [0.3, 0.4) is 0 Å². The Morgan fingerprint density at radius 1 is 1.35 bits per heavy atom. The molecule has 1 aromatic carbocycles. The number of sulfonamides is 1. The van der Waals surface area contributed by atoms with Crippen molar-refractivity contribution in [2.45, 2.75) is 50.0 Å². The summed E-state index contributed by atoms with van der Waals surface area (Å²) in [5.41, 5.74) is 0. The van der Waals surface area contributed by atoms with Gasteiger partial charge < -0.3 is 19.9 Å². The number of hydrogen-bond acceptors (Lipinski definition) is 6. The van der Waals surface area contributed by atoms with Crippen LogP contribution >= 0.6 is 0 Å². The lowest BCUT2D eigenvalue weighted by Crippen LogP contribution is -2.51. The summed E-state index contributed by atoms with van der Waals surface area (Å²) in [6.45, 7) is 4.14. The molecule has 1 fully saturated rings. The highest BCUT2D eigenvalue weighted by molar-refractivity contribution is 7.89. The van der Waals surface area contributed by atoms with Gasteiger partial charge in [0.1, 0.15) is 11.8 Å². The van der Waals surface area contributed by atoms with Crippen LogP contribution in [-0.4, -0.2) is 51.5 Å². The van der Waals surface area contributed by atoms with Gasteiger partial charge in [-0.15, -0.1) is 0 Å². The Morgan fingerprint density at radius 3 is 2.50 bits per heavy atom. The van der Waals surface area contributed by atoms with Gasteiger partial charge in [0.15, 0.2) is 6.29 Å². The minimum atomic E-state index is -3.88. The molecule has 1 saturated heterocycles. The van der Waals surface area contributed by atoms with E-state index in [1.165, 1.54) is 31.4 Å². The molecule has 0 aliphatic carbocycles. The molecule has 0 saturated carbocycles. The second-order valence-electron chi connectivity index (χ2n) is 6.64. The summed E-state index contributed by atoms with van der Waals surface area (Å²) in [6.07, 6.45) is -0.269. The molecule has 1 amide bonds. The van der Waals surface area contributed by atoms with Gasteiger partial charge in [0.25, 0.3) is 0 Å². The second-order valence-corrected chi connectivity index (χ2v) is 8.36. The van der Waals surface area contributed by atoms with Crippen molar-refractivity contribution in [1.29, 1.82) is 0 Å². The van der Waals surface area contributed by atoms with Crippen molar-refractivity contribution in [3.8, 4) is 5.75 Å². The molecule has 146 valence electrons. The van der Waals surface area contributed by atoms with Crippen molar-refractivity contribution in [2.75, 3.05) is 13.7 Å². The largest absolute Gasteiger partial charge is 0.497 e. The van der Waals surface area contributed by atoms with Crippen molar-refractivity contribution in [1.82, 2.24) is 10.0 Å². The van der Waals surface area contributed by atoms with Crippen molar-refractivity contribution < 1.29 is 27.8 Å². The number of amides is 1. The van der Waals surface area contributed by atoms with Crippen LogP contribution in [0.4, 0.5) is 0 Å². The van der Waals surface area contributed by atoms with E-state index >= 15 is 0 Å². The Hall–Kier alpha value is -1.68. The van der Waals surface area contributed by atoms with Gasteiger partial charge in [-0.3, -0.25) is 4.79 Å². The molecule has 0 aromatic heterocycles. The number of aliphatic hydroxyl groups excluding tert-OH is 1. The number of carbonyl (C=O) groups excluding carboxylic acids is 1. The summed E-state index contributed by atoms with van der Waals surface area (Å²) in [5, 5.41) is 12.3. The normalized spacial score (nSPS) is 21.6. The van der Waals surface area contributed by atoms with Crippen LogP contribution in [0.15, 0.2) is 29.2 Å². The van der Waals surface area contributed by atoms with Gasteiger partial charge in [-0.05, 0) is 43.0 Å². The second kappa shape index (κ2) is 8.81. The summed E-state index contributed by atoms with van der Waals surface area (Å²) >= 11 is 0. The van der Waals surface area contributed by atoms with E-state index in [1.54, 1.807) is 0 Å². The monoisotopic (exact) mass is 386 g/mol. The maximum atomic E-state index is 12.6. The number of nitrogens with one attached hydrogen (secondary N) is 2. The smallest absolute Gasteiger partial charge is 0.241 e. The molecule has 26 heavy (non-hydrogen) atoms. The summed E-state index contributed by atoms with van der Waals surface area (Å²) in [7, 11) is -2.39. The Balaban J connectivity index is 2.13. The summed E-state index contributed by atoms with van der Waals surface area (Å²) in [4.78, 5) is 12.6. The zero-order valence-corrected chi connectivity index (χ0v) is 16.0. The third-order valence-electron chi connectivity index (χ3n) is 4.08. The lowest BCUT2D eigenvalue weighted by molar-refractivity contribution is -0.127. The predicted octanol–water partition coefficient (Wildman–Crippen LogP) is 0.612. The van der Waals surface area contributed by atoms with E-state index in [4.69, 9.17) is 9.47 Å². The van der Waals surface area contributed by atoms with Gasteiger partial charge in [0.05, 0.1) is 24.7 Å². The van der Waals surface area contributed by atoms with Gasteiger partial charge in [0, 0.05) is 0 Å². The van der Waals surface area contributed by atoms with Gasteiger partial charge in [-0.2, -0.15) is 4.72 Å². The maximum absolute atomic E-state index is 12.6. The standard InChI is InChI=1S/C17H26N2O6S/c1-11(2)10-15(16(20)18-14-8-9-25-17(14)21)19-26(22,23)13-6-4-12(24-3)5-7-13/h4-7,11,14-15,17,19,21H,8-10H2,1-3H3,(H,18,20)/t14-,15-,17?/m0/s1. The van der Waals surface area contributed by atoms with Crippen LogP contribution in [0.2, 0.25) is 0 Å². The highest BCUT2D eigenvalue weighted by Gasteiger charge is 2.32. The van der Waals surface area contributed by atoms with Crippen molar-refractivity contribution in [2.24, 2.45) is 5.92 Å². The number of aliphatic hydroxyl groups is 1. The lowest BCUT2D eigenvalue weighted by Gasteiger charge is -2.23. The molecule has 1 aliphatic heterocycles. The molecule has 1 heterocycles. The minimum absolute atomic E-state index is 0.0455. The average molecular weight is 386 g/mol. The zero-order valence-electron chi connectivity index (χ0n) is 15.1. The first-order valence-corrected chi connectivity index (χ1v) is 9.97. The third kappa shape index (κ3) is 5.41. The Bertz CT molecular complexity index is 704. The van der Waals surface area contributed by atoms with E-state index < -0.39 is 34.3 Å². The van der Waals surface area contributed by atoms with Crippen LogP contribution < -0.4 is 14.8 Å². The molecule has 0 spiro atoms. The number of methoxy groups -OCH3 is 1. The molecule has 3 atom stereocenters. The van der Waals surface area contributed by atoms with Crippen molar-refractivity contribution in [3.05, 3.63) is 24.3 Å². The van der Waals surface area contributed by atoms with E-state index in [0.29, 0.717) is 25.2 Å². The Labute approximate surface area is 153 Å². The quantitative estimate of drug-likeness (QED) is 0.603. The fourth-order valence-corrected chi connectivity index (χ4v) is 3.90. The number of benzene rings is 1. The van der Waals surface area contributed by atoms with E-state index in [0.717, 1.165) is 0 Å². The molecule has 0 bridgehead atoms. The molecule has 1 aliphatic rings. The molecule has 1 unspecified atom stereocenters. The molecule has 8 nitrogen and oxygen atoms in total. The van der Waals surface area contributed by atoms with Crippen molar-refractivity contribution >= 4 is 15.9 Å². The SMILES string of the molecule is COc1ccc(S(=O)(=O)N[C@@H](CC(C)C)C(=O)N[C@H]2CCOC2O)cc1. The highest BCUT2D eigenvalue weighted by atomic mass is 32.2. The predicted molar refractivity (Wildman–Crippen MR) is 95.1 cm³/mol. The van der Waals surface area contributed by atoms with E-state index in [1.807, 2.05) is 13.8 Å². The molecule has 2 rings (SSSR count). The highest BCUT2D eigenvalue weighted by Crippen LogP contribution is 2.17. The van der Waals surface area contributed by atoms with E-state index in [9.17, 15) is 18.3 Å². The van der Waals surface area contributed by atoms with Crippen LogP contribution in [0.5, 0.6) is 5.75 Å². The molecule has 0 radical (unpaired) electrons. The topological polar surface area (TPSA) is 114 Å². The van der Waals surface area contributed by atoms with Crippen LogP contribution in [-0.2, 0) is 19.6 Å². The van der Waals surface area contributed by atoms with Crippen LogP contribution in [0.25, 0.3) is 0 Å². The molecular formula is C17H26N2O6S. The van der Waals surface area contributed by atoms with Gasteiger partial charge in [-0.25, -0.2) is 8.42 Å². The Kier molecular flexibility index (Phi) is 6.99. The van der Waals surface area contributed by atoms with Crippen LogP contribution in [0, 0.1) is 5.92 Å². The van der Waals surface area contributed by atoms with E-state index in [2.05, 4.69) is 10.0 Å². The summed E-state index contributed by atoms with van der Waals surface area (Å²) in [5.74, 6) is 0.148. The number of hydrogen-bond donors (Lipinski definition) is 3. The van der Waals surface area contributed by atoms with Crippen LogP contribution in [0.1, 0.15) is 26.7 Å². The summed E-state index contributed by atoms with van der Waals surface area (Å²) < 4.78 is 37.7. The van der Waals surface area contributed by atoms with E-state index in [-0.39, 0.29) is 10.8 Å². The first kappa shape index (κ1) is 20.6. The van der Waals surface area contributed by atoms with Gasteiger partial charge in [0.2, 0.25) is 15.9 Å². The minimum Gasteiger partial charge on any atom is -0.497 e. The third-order valence-corrected chi connectivity index (χ3v) is 5.57. The van der Waals surface area contributed by atoms with Gasteiger partial charge in [-0.1, -0.05) is 13.8 Å². The van der Waals surface area contributed by atoms with Crippen molar-refractivity contribution in [3.63, 3.8) is 0 Å². The maximum Gasteiger partial charge on any atom is 0.241 e. The Morgan fingerprint density at radius 2 is 2.00 bits per heavy atom. The number of ether oxygens (including phenoxy) is 2. The number of carbonyl (C=O) groups is 1. The lowest BCUT2D eigenvalue weighted by atomic mass is 10.0. The fourth-order valence-electron chi connectivity index (χ4n) is 2.69. The summed E-state index contributed by atoms with van der Waals surface area (Å²) in [6, 6.07) is 4.43. The number of rotatable bonds is 8. The first-order chi connectivity index (χ1) is 12.2. The molecule has 1 aromatic rings. The fraction of sp³-hybridized carbons (Fsp3) is 0.588. The zero-order chi connectivity index (χ0) is 19.3. The van der Waals surface area contributed by atoms with Gasteiger partial charge >= 0.3 is 0 Å². The molecular weight excluding hydrogens is 360 g/mol. The average Bonchev–Trinajstić information content (AvgIpc) is 2.98.